The highest BCUT2D eigenvalue weighted by atomic mass is 15.3. The van der Waals surface area contributed by atoms with Gasteiger partial charge in [-0.15, -0.1) is 0 Å². The number of aromatic nitrogens is 2. The Labute approximate surface area is 98.2 Å². The Morgan fingerprint density at radius 3 is 2.88 bits per heavy atom. The van der Waals surface area contributed by atoms with Gasteiger partial charge in [0.15, 0.2) is 0 Å². The SMILES string of the molecule is CCc1cc(CC)n(C2CCNCC2C)n1. The van der Waals surface area contributed by atoms with Gasteiger partial charge in [-0.2, -0.15) is 5.10 Å². The first kappa shape index (κ1) is 11.6. The molecule has 16 heavy (non-hydrogen) atoms. The van der Waals surface area contributed by atoms with E-state index in [2.05, 4.69) is 36.8 Å². The van der Waals surface area contributed by atoms with Gasteiger partial charge in [0.2, 0.25) is 0 Å². The van der Waals surface area contributed by atoms with Gasteiger partial charge in [0, 0.05) is 5.69 Å². The van der Waals surface area contributed by atoms with Crippen LogP contribution in [-0.4, -0.2) is 22.9 Å². The molecule has 0 aromatic carbocycles. The van der Waals surface area contributed by atoms with Gasteiger partial charge in [-0.3, -0.25) is 4.68 Å². The predicted octanol–water partition coefficient (Wildman–Crippen LogP) is 2.18. The lowest BCUT2D eigenvalue weighted by atomic mass is 9.95. The minimum atomic E-state index is 0.594. The summed E-state index contributed by atoms with van der Waals surface area (Å²) in [5, 5.41) is 8.21. The summed E-state index contributed by atoms with van der Waals surface area (Å²) in [6.45, 7) is 8.97. The first-order chi connectivity index (χ1) is 7.76. The maximum atomic E-state index is 4.76. The molecule has 0 aliphatic carbocycles. The summed E-state index contributed by atoms with van der Waals surface area (Å²) in [5.74, 6) is 0.684. The molecule has 0 radical (unpaired) electrons. The molecule has 2 rings (SSSR count). The van der Waals surface area contributed by atoms with Gasteiger partial charge in [-0.1, -0.05) is 20.8 Å². The first-order valence-corrected chi connectivity index (χ1v) is 6.54. The molecular weight excluding hydrogens is 198 g/mol. The van der Waals surface area contributed by atoms with Gasteiger partial charge in [-0.05, 0) is 44.3 Å². The second-order valence-electron chi connectivity index (χ2n) is 4.82. The lowest BCUT2D eigenvalue weighted by Crippen LogP contribution is -2.37. The zero-order valence-corrected chi connectivity index (χ0v) is 10.7. The summed E-state index contributed by atoms with van der Waals surface area (Å²) in [4.78, 5) is 0. The predicted molar refractivity (Wildman–Crippen MR) is 66.7 cm³/mol. The van der Waals surface area contributed by atoms with E-state index in [9.17, 15) is 0 Å². The molecular formula is C13H23N3. The van der Waals surface area contributed by atoms with Crippen LogP contribution in [0.4, 0.5) is 0 Å². The highest BCUT2D eigenvalue weighted by molar-refractivity contribution is 5.11. The molecule has 1 saturated heterocycles. The largest absolute Gasteiger partial charge is 0.316 e. The second-order valence-corrected chi connectivity index (χ2v) is 4.82. The first-order valence-electron chi connectivity index (χ1n) is 6.54. The summed E-state index contributed by atoms with van der Waals surface area (Å²) >= 11 is 0. The molecule has 0 saturated carbocycles. The van der Waals surface area contributed by atoms with E-state index in [1.54, 1.807) is 0 Å². The minimum absolute atomic E-state index is 0.594. The molecule has 0 spiro atoms. The minimum Gasteiger partial charge on any atom is -0.316 e. The van der Waals surface area contributed by atoms with Crippen LogP contribution in [0.5, 0.6) is 0 Å². The Balaban J connectivity index is 2.26. The monoisotopic (exact) mass is 221 g/mol. The van der Waals surface area contributed by atoms with Crippen molar-refractivity contribution < 1.29 is 0 Å². The Hall–Kier alpha value is -0.830. The molecule has 3 heteroatoms. The molecule has 2 unspecified atom stereocenters. The summed E-state index contributed by atoms with van der Waals surface area (Å²) in [5.41, 5.74) is 2.64. The normalized spacial score (nSPS) is 25.9. The Morgan fingerprint density at radius 1 is 1.44 bits per heavy atom. The molecule has 3 nitrogen and oxygen atoms in total. The molecule has 0 amide bonds. The van der Waals surface area contributed by atoms with Crippen LogP contribution in [0.25, 0.3) is 0 Å². The van der Waals surface area contributed by atoms with E-state index in [0.29, 0.717) is 12.0 Å². The second kappa shape index (κ2) is 5.00. The lowest BCUT2D eigenvalue weighted by molar-refractivity contribution is 0.250. The van der Waals surface area contributed by atoms with Gasteiger partial charge in [0.1, 0.15) is 0 Å². The molecule has 1 aromatic heterocycles. The number of piperidine rings is 1. The van der Waals surface area contributed by atoms with E-state index in [1.807, 2.05) is 0 Å². The molecule has 1 aliphatic heterocycles. The maximum Gasteiger partial charge on any atom is 0.0624 e. The standard InChI is InChI=1S/C13H23N3/c1-4-11-8-12(5-2)16(15-11)13-6-7-14-9-10(13)3/h8,10,13-14H,4-7,9H2,1-3H3. The van der Waals surface area contributed by atoms with Gasteiger partial charge in [0.25, 0.3) is 0 Å². The molecule has 90 valence electrons. The number of hydrogen-bond donors (Lipinski definition) is 1. The van der Waals surface area contributed by atoms with Crippen LogP contribution in [0.2, 0.25) is 0 Å². The van der Waals surface area contributed by atoms with E-state index in [0.717, 1.165) is 25.9 Å². The van der Waals surface area contributed by atoms with Crippen LogP contribution in [0.1, 0.15) is 44.6 Å². The van der Waals surface area contributed by atoms with Crippen molar-refractivity contribution in [1.82, 2.24) is 15.1 Å². The number of rotatable bonds is 3. The van der Waals surface area contributed by atoms with Crippen molar-refractivity contribution in [1.29, 1.82) is 0 Å². The van der Waals surface area contributed by atoms with Crippen molar-refractivity contribution in [3.8, 4) is 0 Å². The van der Waals surface area contributed by atoms with Gasteiger partial charge in [0.05, 0.1) is 11.7 Å². The Kier molecular flexibility index (Phi) is 3.64. The summed E-state index contributed by atoms with van der Waals surface area (Å²) in [6.07, 6.45) is 3.34. The van der Waals surface area contributed by atoms with E-state index < -0.39 is 0 Å². The van der Waals surface area contributed by atoms with Crippen molar-refractivity contribution in [3.63, 3.8) is 0 Å². The summed E-state index contributed by atoms with van der Waals surface area (Å²) in [6, 6.07) is 2.87. The molecule has 0 bridgehead atoms. The zero-order valence-electron chi connectivity index (χ0n) is 10.7. The van der Waals surface area contributed by atoms with Crippen LogP contribution >= 0.6 is 0 Å². The Bertz CT molecular complexity index is 343. The quantitative estimate of drug-likeness (QED) is 0.848. The van der Waals surface area contributed by atoms with Crippen LogP contribution in [0, 0.1) is 5.92 Å². The number of nitrogens with one attached hydrogen (secondary N) is 1. The lowest BCUT2D eigenvalue weighted by Gasteiger charge is -2.30. The average Bonchev–Trinajstić information content (AvgIpc) is 2.72. The van der Waals surface area contributed by atoms with Crippen molar-refractivity contribution in [2.45, 2.75) is 46.1 Å². The van der Waals surface area contributed by atoms with Crippen molar-refractivity contribution in [2.24, 2.45) is 5.92 Å². The van der Waals surface area contributed by atoms with Crippen LogP contribution in [-0.2, 0) is 12.8 Å². The third kappa shape index (κ3) is 2.14. The molecule has 1 N–H and O–H groups in total. The van der Waals surface area contributed by atoms with E-state index in [4.69, 9.17) is 5.10 Å². The summed E-state index contributed by atoms with van der Waals surface area (Å²) in [7, 11) is 0. The maximum absolute atomic E-state index is 4.76. The number of hydrogen-bond acceptors (Lipinski definition) is 2. The topological polar surface area (TPSA) is 29.9 Å². The van der Waals surface area contributed by atoms with Gasteiger partial charge >= 0.3 is 0 Å². The fourth-order valence-corrected chi connectivity index (χ4v) is 2.58. The van der Waals surface area contributed by atoms with Crippen LogP contribution in [0.15, 0.2) is 6.07 Å². The van der Waals surface area contributed by atoms with Crippen LogP contribution < -0.4 is 5.32 Å². The van der Waals surface area contributed by atoms with E-state index >= 15 is 0 Å². The third-order valence-electron chi connectivity index (χ3n) is 3.64. The molecule has 2 heterocycles. The highest BCUT2D eigenvalue weighted by Crippen LogP contribution is 2.26. The van der Waals surface area contributed by atoms with Crippen LogP contribution in [0.3, 0.4) is 0 Å². The fraction of sp³-hybridized carbons (Fsp3) is 0.769. The molecule has 1 fully saturated rings. The van der Waals surface area contributed by atoms with Gasteiger partial charge < -0.3 is 5.32 Å². The van der Waals surface area contributed by atoms with E-state index in [1.165, 1.54) is 17.8 Å². The number of nitrogens with zero attached hydrogens (tertiary/aromatic N) is 2. The highest BCUT2D eigenvalue weighted by Gasteiger charge is 2.25. The van der Waals surface area contributed by atoms with Crippen molar-refractivity contribution in [2.75, 3.05) is 13.1 Å². The third-order valence-corrected chi connectivity index (χ3v) is 3.64. The van der Waals surface area contributed by atoms with E-state index in [-0.39, 0.29) is 0 Å². The summed E-state index contributed by atoms with van der Waals surface area (Å²) < 4.78 is 2.30. The molecule has 1 aromatic rings. The van der Waals surface area contributed by atoms with Crippen molar-refractivity contribution >= 4 is 0 Å². The van der Waals surface area contributed by atoms with Gasteiger partial charge in [-0.25, -0.2) is 0 Å². The number of aryl methyl sites for hydroxylation is 2. The van der Waals surface area contributed by atoms with Crippen molar-refractivity contribution in [3.05, 3.63) is 17.5 Å². The fourth-order valence-electron chi connectivity index (χ4n) is 2.58. The molecule has 1 aliphatic rings. The smallest absolute Gasteiger partial charge is 0.0624 e. The average molecular weight is 221 g/mol. The molecule has 2 atom stereocenters. The Morgan fingerprint density at radius 2 is 2.25 bits per heavy atom. The zero-order chi connectivity index (χ0) is 11.5.